The fourth-order valence-corrected chi connectivity index (χ4v) is 2.54. The average molecular weight is 267 g/mol. The summed E-state index contributed by atoms with van der Waals surface area (Å²) in [6.07, 6.45) is 0.0257. The van der Waals surface area contributed by atoms with E-state index in [0.717, 1.165) is 5.56 Å². The van der Waals surface area contributed by atoms with E-state index in [9.17, 15) is 0 Å². The van der Waals surface area contributed by atoms with Gasteiger partial charge in [-0.3, -0.25) is 0 Å². The van der Waals surface area contributed by atoms with E-state index in [1.54, 1.807) is 18.2 Å². The summed E-state index contributed by atoms with van der Waals surface area (Å²) in [5.41, 5.74) is 0.744. The van der Waals surface area contributed by atoms with Gasteiger partial charge in [-0.15, -0.1) is 0 Å². The quantitative estimate of drug-likeness (QED) is 0.799. The molecule has 1 aliphatic rings. The Morgan fingerprint density at radius 2 is 2.22 bits per heavy atom. The Bertz CT molecular complexity index is 495. The van der Waals surface area contributed by atoms with Gasteiger partial charge in [-0.1, -0.05) is 0 Å². The summed E-state index contributed by atoms with van der Waals surface area (Å²) in [6, 6.07) is 7.25. The van der Waals surface area contributed by atoms with Gasteiger partial charge in [0.1, 0.15) is 17.5 Å². The van der Waals surface area contributed by atoms with Crippen LogP contribution in [0.25, 0.3) is 0 Å². The largest absolute Gasteiger partial charge is 0.485 e. The van der Waals surface area contributed by atoms with E-state index >= 15 is 0 Å². The van der Waals surface area contributed by atoms with Crippen LogP contribution in [0.1, 0.15) is 25.0 Å². The topological polar surface area (TPSA) is 82.7 Å². The summed E-state index contributed by atoms with van der Waals surface area (Å²) in [4.78, 5) is 18.0. The summed E-state index contributed by atoms with van der Waals surface area (Å²) in [6.45, 7) is 3.66. The third-order valence-electron chi connectivity index (χ3n) is 2.96. The third kappa shape index (κ3) is 2.63. The number of benzene rings is 1. The van der Waals surface area contributed by atoms with Crippen LogP contribution in [0.2, 0.25) is 0 Å². The molecule has 1 heterocycles. The number of nitrogens with zero attached hydrogens (tertiary/aromatic N) is 1. The molecule has 5 nitrogen and oxygen atoms in total. The first-order chi connectivity index (χ1) is 8.42. The third-order valence-corrected chi connectivity index (χ3v) is 3.41. The minimum Gasteiger partial charge on any atom is -0.485 e. The first kappa shape index (κ1) is 13.3. The van der Waals surface area contributed by atoms with Crippen molar-refractivity contribution in [2.24, 2.45) is 0 Å². The monoisotopic (exact) mass is 267 g/mol. The van der Waals surface area contributed by atoms with Crippen LogP contribution in [0.4, 0.5) is 0 Å². The fourth-order valence-electron chi connectivity index (χ4n) is 1.98. The molecule has 0 radical (unpaired) electrons. The van der Waals surface area contributed by atoms with Crippen molar-refractivity contribution >= 4 is 8.60 Å². The average Bonchev–Trinajstić information content (AvgIpc) is 2.28. The SMILES string of the molecule is CC1(C)Oc2ccc(C#N)cc2C[C@H]1OP(O)O. The molecular formula is C12H14NO4P. The molecular weight excluding hydrogens is 253 g/mol. The molecule has 0 aromatic heterocycles. The Morgan fingerprint density at radius 3 is 2.83 bits per heavy atom. The van der Waals surface area contributed by atoms with Gasteiger partial charge in [0, 0.05) is 6.42 Å². The molecule has 0 aliphatic carbocycles. The van der Waals surface area contributed by atoms with Gasteiger partial charge in [0.2, 0.25) is 0 Å². The number of rotatable bonds is 2. The zero-order valence-corrected chi connectivity index (χ0v) is 11.0. The number of ether oxygens (including phenoxy) is 1. The van der Waals surface area contributed by atoms with Gasteiger partial charge >= 0.3 is 8.60 Å². The second kappa shape index (κ2) is 4.83. The van der Waals surface area contributed by atoms with E-state index in [2.05, 4.69) is 6.07 Å². The molecule has 1 atom stereocenters. The van der Waals surface area contributed by atoms with Crippen LogP contribution >= 0.6 is 8.60 Å². The fraction of sp³-hybridized carbons (Fsp3) is 0.417. The second-order valence-electron chi connectivity index (χ2n) is 4.69. The van der Waals surface area contributed by atoms with Crippen LogP contribution in [0.15, 0.2) is 18.2 Å². The van der Waals surface area contributed by atoms with E-state index in [1.807, 2.05) is 13.8 Å². The van der Waals surface area contributed by atoms with Gasteiger partial charge in [0.25, 0.3) is 0 Å². The van der Waals surface area contributed by atoms with E-state index in [4.69, 9.17) is 24.3 Å². The highest BCUT2D eigenvalue weighted by Gasteiger charge is 2.39. The van der Waals surface area contributed by atoms with E-state index < -0.39 is 20.3 Å². The van der Waals surface area contributed by atoms with Crippen molar-refractivity contribution in [3.63, 3.8) is 0 Å². The zero-order chi connectivity index (χ0) is 13.3. The normalized spacial score (nSPS) is 21.0. The lowest BCUT2D eigenvalue weighted by Gasteiger charge is -2.39. The molecule has 0 spiro atoms. The number of fused-ring (bicyclic) bond motifs is 1. The molecule has 0 bridgehead atoms. The predicted molar refractivity (Wildman–Crippen MR) is 65.8 cm³/mol. The van der Waals surface area contributed by atoms with E-state index in [0.29, 0.717) is 17.7 Å². The highest BCUT2D eigenvalue weighted by atomic mass is 31.2. The Morgan fingerprint density at radius 1 is 1.50 bits per heavy atom. The lowest BCUT2D eigenvalue weighted by Crippen LogP contribution is -2.47. The van der Waals surface area contributed by atoms with Gasteiger partial charge in [0.05, 0.1) is 11.6 Å². The lowest BCUT2D eigenvalue weighted by molar-refractivity contribution is -0.0316. The van der Waals surface area contributed by atoms with Crippen LogP contribution in [-0.2, 0) is 10.9 Å². The van der Waals surface area contributed by atoms with Crippen LogP contribution in [-0.4, -0.2) is 21.5 Å². The van der Waals surface area contributed by atoms with Crippen molar-refractivity contribution < 1.29 is 19.0 Å². The first-order valence-electron chi connectivity index (χ1n) is 5.49. The van der Waals surface area contributed by atoms with E-state index in [1.165, 1.54) is 0 Å². The zero-order valence-electron chi connectivity index (χ0n) is 10.1. The number of hydrogen-bond acceptors (Lipinski definition) is 5. The van der Waals surface area contributed by atoms with Gasteiger partial charge in [-0.25, -0.2) is 0 Å². The van der Waals surface area contributed by atoms with Gasteiger partial charge in [-0.2, -0.15) is 5.26 Å². The molecule has 0 saturated carbocycles. The van der Waals surface area contributed by atoms with Crippen molar-refractivity contribution in [2.75, 3.05) is 0 Å². The molecule has 0 amide bonds. The lowest BCUT2D eigenvalue weighted by atomic mass is 9.90. The Balaban J connectivity index is 2.31. The summed E-state index contributed by atoms with van der Waals surface area (Å²) in [7, 11) is -2.43. The molecule has 2 rings (SSSR count). The molecule has 1 aliphatic heterocycles. The van der Waals surface area contributed by atoms with Gasteiger partial charge in [-0.05, 0) is 37.6 Å². The number of hydrogen-bond donors (Lipinski definition) is 2. The number of nitriles is 1. The van der Waals surface area contributed by atoms with Crippen LogP contribution < -0.4 is 4.74 Å². The predicted octanol–water partition coefficient (Wildman–Crippen LogP) is 1.87. The van der Waals surface area contributed by atoms with Crippen molar-refractivity contribution in [3.8, 4) is 11.8 Å². The van der Waals surface area contributed by atoms with Gasteiger partial charge < -0.3 is 19.0 Å². The molecule has 96 valence electrons. The van der Waals surface area contributed by atoms with Gasteiger partial charge in [0.15, 0.2) is 0 Å². The second-order valence-corrected chi connectivity index (χ2v) is 5.41. The Labute approximate surface area is 107 Å². The van der Waals surface area contributed by atoms with Crippen LogP contribution in [0, 0.1) is 11.3 Å². The molecule has 2 N–H and O–H groups in total. The van der Waals surface area contributed by atoms with Crippen molar-refractivity contribution in [1.82, 2.24) is 0 Å². The summed E-state index contributed by atoms with van der Waals surface area (Å²) >= 11 is 0. The minimum absolute atomic E-state index is 0.458. The molecule has 1 aromatic rings. The maximum absolute atomic E-state index is 8.98. The van der Waals surface area contributed by atoms with E-state index in [-0.39, 0.29) is 0 Å². The maximum atomic E-state index is 8.98. The Kier molecular flexibility index (Phi) is 3.56. The highest BCUT2D eigenvalue weighted by Crippen LogP contribution is 2.40. The standard InChI is InChI=1S/C12H14NO4P/c1-12(2)11(17-18(14)15)6-9-5-8(7-13)3-4-10(9)16-12/h3-5,11,14-15H,6H2,1-2H3/t11-/m1/s1. The van der Waals surface area contributed by atoms with Crippen LogP contribution in [0.5, 0.6) is 5.75 Å². The summed E-state index contributed by atoms with van der Waals surface area (Å²) in [5.74, 6) is 0.707. The molecule has 6 heteroatoms. The van der Waals surface area contributed by atoms with Crippen LogP contribution in [0.3, 0.4) is 0 Å². The molecule has 0 fully saturated rings. The minimum atomic E-state index is -2.43. The summed E-state index contributed by atoms with van der Waals surface area (Å²) in [5, 5.41) is 8.85. The highest BCUT2D eigenvalue weighted by molar-refractivity contribution is 7.39. The molecule has 0 unspecified atom stereocenters. The smallest absolute Gasteiger partial charge is 0.327 e. The molecule has 1 aromatic carbocycles. The molecule has 18 heavy (non-hydrogen) atoms. The van der Waals surface area contributed by atoms with Crippen molar-refractivity contribution in [3.05, 3.63) is 29.3 Å². The molecule has 0 saturated heterocycles. The van der Waals surface area contributed by atoms with Crippen molar-refractivity contribution in [1.29, 1.82) is 5.26 Å². The maximum Gasteiger partial charge on any atom is 0.327 e. The first-order valence-corrected chi connectivity index (χ1v) is 6.65. The van der Waals surface area contributed by atoms with Crippen molar-refractivity contribution in [2.45, 2.75) is 32.0 Å². The Hall–Kier alpha value is -1.18. The summed E-state index contributed by atoms with van der Waals surface area (Å²) < 4.78 is 10.9.